The van der Waals surface area contributed by atoms with E-state index in [1.54, 1.807) is 12.1 Å². The molecular formula is C15H15BrF3N3O2S. The molecule has 0 saturated carbocycles. The van der Waals surface area contributed by atoms with Crippen molar-refractivity contribution >= 4 is 31.7 Å². The lowest BCUT2D eigenvalue weighted by atomic mass is 10.2. The Kier molecular flexibility index (Phi) is 5.43. The van der Waals surface area contributed by atoms with Crippen molar-refractivity contribution in [2.45, 2.75) is 29.7 Å². The van der Waals surface area contributed by atoms with Gasteiger partial charge in [-0.05, 0) is 44.2 Å². The van der Waals surface area contributed by atoms with Crippen molar-refractivity contribution in [1.29, 1.82) is 0 Å². The zero-order valence-corrected chi connectivity index (χ0v) is 15.7. The number of rotatable bonds is 5. The predicted molar refractivity (Wildman–Crippen MR) is 90.9 cm³/mol. The van der Waals surface area contributed by atoms with Crippen LogP contribution < -0.4 is 5.32 Å². The summed E-state index contributed by atoms with van der Waals surface area (Å²) in [7, 11) is -3.73. The van der Waals surface area contributed by atoms with E-state index in [1.807, 2.05) is 0 Å². The van der Waals surface area contributed by atoms with Crippen LogP contribution in [0.15, 0.2) is 45.9 Å². The van der Waals surface area contributed by atoms with Gasteiger partial charge in [-0.3, -0.25) is 0 Å². The molecule has 5 nitrogen and oxygen atoms in total. The zero-order valence-electron chi connectivity index (χ0n) is 13.3. The van der Waals surface area contributed by atoms with Gasteiger partial charge < -0.3 is 5.32 Å². The number of sulfone groups is 1. The first-order valence-corrected chi connectivity index (χ1v) is 9.35. The molecule has 0 saturated heterocycles. The van der Waals surface area contributed by atoms with Crippen LogP contribution in [0, 0.1) is 0 Å². The highest BCUT2D eigenvalue weighted by Crippen LogP contribution is 2.29. The highest BCUT2D eigenvalue weighted by Gasteiger charge is 2.36. The van der Waals surface area contributed by atoms with Gasteiger partial charge in [-0.25, -0.2) is 18.4 Å². The van der Waals surface area contributed by atoms with Crippen LogP contribution in [0.2, 0.25) is 0 Å². The van der Waals surface area contributed by atoms with Crippen LogP contribution in [0.1, 0.15) is 19.5 Å². The summed E-state index contributed by atoms with van der Waals surface area (Å²) in [6, 6.07) is 6.87. The van der Waals surface area contributed by atoms with Crippen LogP contribution >= 0.6 is 15.9 Å². The Morgan fingerprint density at radius 2 is 1.72 bits per heavy atom. The third-order valence-electron chi connectivity index (χ3n) is 3.47. The molecule has 0 amide bonds. The highest BCUT2D eigenvalue weighted by atomic mass is 79.9. The third kappa shape index (κ3) is 4.49. The summed E-state index contributed by atoms with van der Waals surface area (Å²) in [5, 5.41) is 2.57. The van der Waals surface area contributed by atoms with Crippen LogP contribution in [-0.4, -0.2) is 29.7 Å². The molecule has 0 aliphatic rings. The molecule has 0 aliphatic carbocycles. The average Bonchev–Trinajstić information content (AvgIpc) is 2.53. The van der Waals surface area contributed by atoms with Gasteiger partial charge in [0.1, 0.15) is 5.69 Å². The van der Waals surface area contributed by atoms with E-state index in [2.05, 4.69) is 31.2 Å². The number of benzene rings is 1. The minimum Gasteiger partial charge on any atom is -0.353 e. The Balaban J connectivity index is 2.20. The summed E-state index contributed by atoms with van der Waals surface area (Å²) >= 11 is 3.23. The normalized spacial score (nSPS) is 12.9. The number of anilines is 1. The Bertz CT molecular complexity index is 853. The van der Waals surface area contributed by atoms with Crippen LogP contribution in [0.5, 0.6) is 0 Å². The molecular weight excluding hydrogens is 423 g/mol. The number of alkyl halides is 3. The minimum absolute atomic E-state index is 0.118. The molecule has 0 atom stereocenters. The standard InChI is InChI=1S/C15H15BrF3N3O2S/c1-14(2,25(23,24)11-5-3-10(16)4-6-11)9-21-13-20-8-7-12(22-13)15(17,18)19/h3-8H,9H2,1-2H3,(H,20,21,22). The molecule has 0 spiro atoms. The summed E-state index contributed by atoms with van der Waals surface area (Å²) < 4.78 is 62.9. The maximum atomic E-state index is 12.7. The van der Waals surface area contributed by atoms with Gasteiger partial charge in [0.05, 0.1) is 9.64 Å². The Morgan fingerprint density at radius 1 is 1.12 bits per heavy atom. The van der Waals surface area contributed by atoms with Crippen molar-refractivity contribution < 1.29 is 21.6 Å². The molecule has 2 rings (SSSR count). The molecule has 0 radical (unpaired) electrons. The van der Waals surface area contributed by atoms with E-state index >= 15 is 0 Å². The van der Waals surface area contributed by atoms with E-state index in [1.165, 1.54) is 26.0 Å². The molecule has 25 heavy (non-hydrogen) atoms. The number of nitrogens with zero attached hydrogens (tertiary/aromatic N) is 2. The van der Waals surface area contributed by atoms with Gasteiger partial charge in [-0.2, -0.15) is 13.2 Å². The second kappa shape index (κ2) is 6.91. The van der Waals surface area contributed by atoms with Gasteiger partial charge in [-0.1, -0.05) is 15.9 Å². The summed E-state index contributed by atoms with van der Waals surface area (Å²) in [5.74, 6) is -0.283. The van der Waals surface area contributed by atoms with Gasteiger partial charge in [0.2, 0.25) is 5.95 Å². The van der Waals surface area contributed by atoms with Crippen molar-refractivity contribution in [3.8, 4) is 0 Å². The quantitative estimate of drug-likeness (QED) is 0.767. The van der Waals surface area contributed by atoms with E-state index < -0.39 is 26.5 Å². The average molecular weight is 438 g/mol. The number of hydrogen-bond donors (Lipinski definition) is 1. The Hall–Kier alpha value is -1.68. The molecule has 0 aliphatic heterocycles. The number of nitrogens with one attached hydrogen (secondary N) is 1. The monoisotopic (exact) mass is 437 g/mol. The minimum atomic E-state index is -4.60. The second-order valence-electron chi connectivity index (χ2n) is 5.83. The Labute approximate surface area is 151 Å². The highest BCUT2D eigenvalue weighted by molar-refractivity contribution is 9.10. The van der Waals surface area contributed by atoms with E-state index in [0.29, 0.717) is 0 Å². The lowest BCUT2D eigenvalue weighted by molar-refractivity contribution is -0.141. The van der Waals surface area contributed by atoms with E-state index in [-0.39, 0.29) is 17.4 Å². The van der Waals surface area contributed by atoms with Crippen molar-refractivity contribution in [2.75, 3.05) is 11.9 Å². The van der Waals surface area contributed by atoms with E-state index in [4.69, 9.17) is 0 Å². The fourth-order valence-electron chi connectivity index (χ4n) is 1.92. The van der Waals surface area contributed by atoms with E-state index in [9.17, 15) is 21.6 Å². The molecule has 136 valence electrons. The van der Waals surface area contributed by atoms with Crippen molar-refractivity contribution in [3.05, 3.63) is 46.7 Å². The van der Waals surface area contributed by atoms with Crippen molar-refractivity contribution in [1.82, 2.24) is 9.97 Å². The molecule has 10 heteroatoms. The molecule has 1 aromatic heterocycles. The predicted octanol–water partition coefficient (Wildman–Crippen LogP) is 3.92. The van der Waals surface area contributed by atoms with Gasteiger partial charge in [0.25, 0.3) is 0 Å². The Morgan fingerprint density at radius 3 is 2.28 bits per heavy atom. The topological polar surface area (TPSA) is 72.0 Å². The first kappa shape index (κ1) is 19.6. The smallest absolute Gasteiger partial charge is 0.353 e. The molecule has 1 heterocycles. The molecule has 0 fully saturated rings. The van der Waals surface area contributed by atoms with Crippen molar-refractivity contribution in [2.24, 2.45) is 0 Å². The van der Waals surface area contributed by atoms with Crippen LogP contribution in [0.3, 0.4) is 0 Å². The van der Waals surface area contributed by atoms with Gasteiger partial charge in [0, 0.05) is 17.2 Å². The van der Waals surface area contributed by atoms with Gasteiger partial charge >= 0.3 is 6.18 Å². The van der Waals surface area contributed by atoms with Crippen LogP contribution in [0.25, 0.3) is 0 Å². The van der Waals surface area contributed by atoms with Crippen molar-refractivity contribution in [3.63, 3.8) is 0 Å². The number of aromatic nitrogens is 2. The molecule has 2 aromatic rings. The van der Waals surface area contributed by atoms with Gasteiger partial charge in [-0.15, -0.1) is 0 Å². The maximum Gasteiger partial charge on any atom is 0.433 e. The summed E-state index contributed by atoms with van der Waals surface area (Å²) in [5.41, 5.74) is -1.10. The summed E-state index contributed by atoms with van der Waals surface area (Å²) in [6.07, 6.45) is -3.63. The SMILES string of the molecule is CC(C)(CNc1nccc(C(F)(F)F)n1)S(=O)(=O)c1ccc(Br)cc1. The third-order valence-corrected chi connectivity index (χ3v) is 6.49. The van der Waals surface area contributed by atoms with E-state index in [0.717, 1.165) is 16.7 Å². The lowest BCUT2D eigenvalue weighted by Crippen LogP contribution is -2.39. The fourth-order valence-corrected chi connectivity index (χ4v) is 3.58. The number of halogens is 4. The second-order valence-corrected chi connectivity index (χ2v) is 9.33. The largest absolute Gasteiger partial charge is 0.433 e. The summed E-state index contributed by atoms with van der Waals surface area (Å²) in [4.78, 5) is 7.18. The number of hydrogen-bond acceptors (Lipinski definition) is 5. The fraction of sp³-hybridized carbons (Fsp3) is 0.333. The molecule has 1 N–H and O–H groups in total. The van der Waals surface area contributed by atoms with Crippen LogP contribution in [-0.2, 0) is 16.0 Å². The molecule has 0 unspecified atom stereocenters. The van der Waals surface area contributed by atoms with Crippen LogP contribution in [0.4, 0.5) is 19.1 Å². The summed E-state index contributed by atoms with van der Waals surface area (Å²) in [6.45, 7) is 2.79. The van der Waals surface area contributed by atoms with Gasteiger partial charge in [0.15, 0.2) is 9.84 Å². The zero-order chi connectivity index (χ0) is 18.9. The first-order chi connectivity index (χ1) is 11.4. The molecule has 1 aromatic carbocycles. The maximum absolute atomic E-state index is 12.7. The first-order valence-electron chi connectivity index (χ1n) is 7.08. The molecule has 0 bridgehead atoms. The lowest BCUT2D eigenvalue weighted by Gasteiger charge is -2.25.